The molecule has 0 radical (unpaired) electrons. The summed E-state index contributed by atoms with van der Waals surface area (Å²) in [5.41, 5.74) is 2.77. The summed E-state index contributed by atoms with van der Waals surface area (Å²) in [7, 11) is 1.28. The van der Waals surface area contributed by atoms with Crippen molar-refractivity contribution in [3.05, 3.63) is 65.2 Å². The lowest BCUT2D eigenvalue weighted by Gasteiger charge is -2.17. The van der Waals surface area contributed by atoms with E-state index in [0.717, 1.165) is 11.1 Å². The maximum absolute atomic E-state index is 12.0. The first-order valence-electron chi connectivity index (χ1n) is 7.19. The van der Waals surface area contributed by atoms with Gasteiger partial charge in [-0.05, 0) is 42.7 Å². The second kappa shape index (κ2) is 7.45. The summed E-state index contributed by atoms with van der Waals surface area (Å²) in [5.74, 6) is -0.160. The number of carbonyl (C=O) groups is 2. The van der Waals surface area contributed by atoms with Crippen molar-refractivity contribution >= 4 is 12.1 Å². The first-order valence-corrected chi connectivity index (χ1v) is 7.19. The zero-order valence-corrected chi connectivity index (χ0v) is 13.3. The average molecular weight is 313 g/mol. The van der Waals surface area contributed by atoms with Crippen molar-refractivity contribution in [3.8, 4) is 5.75 Å². The molecule has 2 aromatic rings. The third-order valence-electron chi connectivity index (χ3n) is 3.52. The Kier molecular flexibility index (Phi) is 5.36. The van der Waals surface area contributed by atoms with Crippen molar-refractivity contribution in [2.24, 2.45) is 0 Å². The van der Waals surface area contributed by atoms with E-state index in [1.54, 1.807) is 30.3 Å². The number of rotatable bonds is 4. The maximum Gasteiger partial charge on any atom is 0.413 e. The third kappa shape index (κ3) is 4.32. The van der Waals surface area contributed by atoms with E-state index in [-0.39, 0.29) is 0 Å². The van der Waals surface area contributed by atoms with Gasteiger partial charge in [0.25, 0.3) is 0 Å². The number of esters is 1. The number of methoxy groups -OCH3 is 1. The molecule has 1 unspecified atom stereocenters. The number of aryl methyl sites for hydroxylation is 2. The highest BCUT2D eigenvalue weighted by Crippen LogP contribution is 2.19. The zero-order valence-electron chi connectivity index (χ0n) is 13.3. The van der Waals surface area contributed by atoms with Crippen LogP contribution in [-0.4, -0.2) is 19.2 Å². The summed E-state index contributed by atoms with van der Waals surface area (Å²) in [6.07, 6.45) is -0.718. The molecule has 5 nitrogen and oxygen atoms in total. The first kappa shape index (κ1) is 16.5. The summed E-state index contributed by atoms with van der Waals surface area (Å²) in [6.45, 7) is 3.92. The standard InChI is InChI=1S/C18H19NO4/c1-12-9-10-14(11-13(12)2)16(17(20)22-3)19-18(21)23-15-7-5-4-6-8-15/h4-11,16H,1-3H3,(H,19,21). The molecule has 0 saturated heterocycles. The lowest BCUT2D eigenvalue weighted by Crippen LogP contribution is -2.36. The largest absolute Gasteiger partial charge is 0.467 e. The molecule has 0 saturated carbocycles. The Balaban J connectivity index is 2.17. The Labute approximate surface area is 135 Å². The van der Waals surface area contributed by atoms with Crippen molar-refractivity contribution in [2.75, 3.05) is 7.11 Å². The second-order valence-corrected chi connectivity index (χ2v) is 5.15. The van der Waals surface area contributed by atoms with Crippen molar-refractivity contribution < 1.29 is 19.1 Å². The van der Waals surface area contributed by atoms with Gasteiger partial charge in [-0.2, -0.15) is 0 Å². The normalized spacial score (nSPS) is 11.4. The molecule has 0 fully saturated rings. The van der Waals surface area contributed by atoms with Gasteiger partial charge in [-0.1, -0.05) is 36.4 Å². The SMILES string of the molecule is COC(=O)C(NC(=O)Oc1ccccc1)c1ccc(C)c(C)c1. The minimum atomic E-state index is -0.921. The monoisotopic (exact) mass is 313 g/mol. The minimum absolute atomic E-state index is 0.397. The predicted octanol–water partition coefficient (Wildman–Crippen LogP) is 3.31. The van der Waals surface area contributed by atoms with Crippen LogP contribution >= 0.6 is 0 Å². The molecule has 5 heteroatoms. The van der Waals surface area contributed by atoms with E-state index < -0.39 is 18.1 Å². The van der Waals surface area contributed by atoms with Crippen LogP contribution in [0.4, 0.5) is 4.79 Å². The summed E-state index contributed by atoms with van der Waals surface area (Å²) in [4.78, 5) is 24.0. The molecular weight excluding hydrogens is 294 g/mol. The van der Waals surface area contributed by atoms with Crippen molar-refractivity contribution in [1.29, 1.82) is 0 Å². The molecule has 0 aromatic heterocycles. The van der Waals surface area contributed by atoms with Gasteiger partial charge in [-0.3, -0.25) is 0 Å². The lowest BCUT2D eigenvalue weighted by atomic mass is 10.0. The Bertz CT molecular complexity index is 697. The first-order chi connectivity index (χ1) is 11.0. The highest BCUT2D eigenvalue weighted by Gasteiger charge is 2.24. The molecule has 0 heterocycles. The molecule has 23 heavy (non-hydrogen) atoms. The summed E-state index contributed by atoms with van der Waals surface area (Å²) >= 11 is 0. The fraction of sp³-hybridized carbons (Fsp3) is 0.222. The molecule has 0 spiro atoms. The van der Waals surface area contributed by atoms with Gasteiger partial charge < -0.3 is 14.8 Å². The molecule has 1 N–H and O–H groups in total. The van der Waals surface area contributed by atoms with Gasteiger partial charge in [0.05, 0.1) is 7.11 Å². The van der Waals surface area contributed by atoms with E-state index in [1.807, 2.05) is 32.0 Å². The number of hydrogen-bond donors (Lipinski definition) is 1. The molecule has 1 amide bonds. The molecule has 2 rings (SSSR count). The quantitative estimate of drug-likeness (QED) is 0.880. The van der Waals surface area contributed by atoms with Crippen molar-refractivity contribution in [1.82, 2.24) is 5.32 Å². The van der Waals surface area contributed by atoms with Crippen LogP contribution in [0, 0.1) is 13.8 Å². The number of hydrogen-bond acceptors (Lipinski definition) is 4. The smallest absolute Gasteiger partial charge is 0.413 e. The van der Waals surface area contributed by atoms with Gasteiger partial charge in [-0.15, -0.1) is 0 Å². The molecule has 2 aromatic carbocycles. The number of nitrogens with one attached hydrogen (secondary N) is 1. The molecule has 120 valence electrons. The van der Waals surface area contributed by atoms with Crippen LogP contribution in [0.1, 0.15) is 22.7 Å². The van der Waals surface area contributed by atoms with Gasteiger partial charge in [0.15, 0.2) is 6.04 Å². The summed E-state index contributed by atoms with van der Waals surface area (Å²) in [6, 6.07) is 13.2. The number of benzene rings is 2. The molecule has 0 bridgehead atoms. The van der Waals surface area contributed by atoms with E-state index in [1.165, 1.54) is 7.11 Å². The van der Waals surface area contributed by atoms with Crippen LogP contribution in [0.25, 0.3) is 0 Å². The van der Waals surface area contributed by atoms with Crippen LogP contribution in [-0.2, 0) is 9.53 Å². The lowest BCUT2D eigenvalue weighted by molar-refractivity contribution is -0.143. The Morgan fingerprint density at radius 2 is 1.70 bits per heavy atom. The average Bonchev–Trinajstić information content (AvgIpc) is 2.55. The summed E-state index contributed by atoms with van der Waals surface area (Å²) in [5, 5.41) is 2.54. The van der Waals surface area contributed by atoms with Crippen LogP contribution < -0.4 is 10.1 Å². The molecule has 1 atom stereocenters. The highest BCUT2D eigenvalue weighted by atomic mass is 16.6. The van der Waals surface area contributed by atoms with E-state index in [0.29, 0.717) is 11.3 Å². The fourth-order valence-electron chi connectivity index (χ4n) is 2.08. The predicted molar refractivity (Wildman–Crippen MR) is 86.3 cm³/mol. The van der Waals surface area contributed by atoms with Crippen LogP contribution in [0.2, 0.25) is 0 Å². The van der Waals surface area contributed by atoms with Crippen molar-refractivity contribution in [2.45, 2.75) is 19.9 Å². The Hall–Kier alpha value is -2.82. The van der Waals surface area contributed by atoms with E-state index in [2.05, 4.69) is 5.32 Å². The van der Waals surface area contributed by atoms with E-state index in [9.17, 15) is 9.59 Å². The summed E-state index contributed by atoms with van der Waals surface area (Å²) < 4.78 is 9.94. The molecule has 0 aliphatic heterocycles. The van der Waals surface area contributed by atoms with Crippen molar-refractivity contribution in [3.63, 3.8) is 0 Å². The van der Waals surface area contributed by atoms with Gasteiger partial charge in [0.1, 0.15) is 5.75 Å². The highest BCUT2D eigenvalue weighted by molar-refractivity contribution is 5.83. The topological polar surface area (TPSA) is 64.6 Å². The fourth-order valence-corrected chi connectivity index (χ4v) is 2.08. The Morgan fingerprint density at radius 3 is 2.30 bits per heavy atom. The van der Waals surface area contributed by atoms with Gasteiger partial charge in [-0.25, -0.2) is 9.59 Å². The molecule has 0 aliphatic rings. The number of amides is 1. The number of para-hydroxylation sites is 1. The minimum Gasteiger partial charge on any atom is -0.467 e. The number of carbonyl (C=O) groups excluding carboxylic acids is 2. The van der Waals surface area contributed by atoms with Gasteiger partial charge >= 0.3 is 12.1 Å². The third-order valence-corrected chi connectivity index (χ3v) is 3.52. The van der Waals surface area contributed by atoms with Gasteiger partial charge in [0, 0.05) is 0 Å². The molecular formula is C18H19NO4. The zero-order chi connectivity index (χ0) is 16.8. The van der Waals surface area contributed by atoms with Crippen LogP contribution in [0.5, 0.6) is 5.75 Å². The number of ether oxygens (including phenoxy) is 2. The Morgan fingerprint density at radius 1 is 1.00 bits per heavy atom. The van der Waals surface area contributed by atoms with E-state index in [4.69, 9.17) is 9.47 Å². The maximum atomic E-state index is 12.0. The van der Waals surface area contributed by atoms with Crippen LogP contribution in [0.3, 0.4) is 0 Å². The van der Waals surface area contributed by atoms with E-state index >= 15 is 0 Å². The molecule has 0 aliphatic carbocycles. The van der Waals surface area contributed by atoms with Crippen LogP contribution in [0.15, 0.2) is 48.5 Å². The van der Waals surface area contributed by atoms with Gasteiger partial charge in [0.2, 0.25) is 0 Å². The second-order valence-electron chi connectivity index (χ2n) is 5.15.